The minimum Gasteiger partial charge on any atom is -0.450 e. The lowest BCUT2D eigenvalue weighted by atomic mass is 9.71. The lowest BCUT2D eigenvalue weighted by Crippen LogP contribution is -2.43. The minimum absolute atomic E-state index is 0.0444. The summed E-state index contributed by atoms with van der Waals surface area (Å²) < 4.78 is 10.6. The number of rotatable bonds is 11. The summed E-state index contributed by atoms with van der Waals surface area (Å²) in [6.45, 7) is 7.40. The predicted octanol–water partition coefficient (Wildman–Crippen LogP) is 4.33. The Kier molecular flexibility index (Phi) is 10.6. The van der Waals surface area contributed by atoms with Gasteiger partial charge in [-0.3, -0.25) is 4.79 Å². The van der Waals surface area contributed by atoms with Crippen LogP contribution in [0.5, 0.6) is 5.75 Å². The SMILES string of the molecule is CCOC(=O)NC[C@H](CC(=O)Oc1cccc(C2(O)CCCCC2CN(C)C)c1)CC(C)C. The Balaban J connectivity index is 2.06. The Bertz CT molecular complexity index is 767. The quantitative estimate of drug-likeness (QED) is 0.376. The molecule has 0 saturated heterocycles. The molecule has 1 fully saturated rings. The molecule has 1 amide bonds. The molecule has 1 aromatic rings. The van der Waals surface area contributed by atoms with Gasteiger partial charge in [0, 0.05) is 19.0 Å². The third-order valence-electron chi connectivity index (χ3n) is 6.26. The predicted molar refractivity (Wildman–Crippen MR) is 129 cm³/mol. The van der Waals surface area contributed by atoms with Gasteiger partial charge in [0.2, 0.25) is 0 Å². The van der Waals surface area contributed by atoms with Gasteiger partial charge in [-0.05, 0) is 69.8 Å². The van der Waals surface area contributed by atoms with Gasteiger partial charge >= 0.3 is 12.1 Å². The maximum Gasteiger partial charge on any atom is 0.407 e. The number of esters is 1. The Hall–Kier alpha value is -2.12. The molecule has 0 bridgehead atoms. The number of ether oxygens (including phenoxy) is 2. The number of benzene rings is 1. The number of aliphatic hydroxyl groups is 1. The molecule has 1 aliphatic rings. The van der Waals surface area contributed by atoms with E-state index in [0.29, 0.717) is 31.2 Å². The molecule has 0 spiro atoms. The van der Waals surface area contributed by atoms with Gasteiger partial charge < -0.3 is 24.8 Å². The van der Waals surface area contributed by atoms with E-state index < -0.39 is 11.7 Å². The van der Waals surface area contributed by atoms with Crippen LogP contribution in [0, 0.1) is 17.8 Å². The fourth-order valence-electron chi connectivity index (χ4n) is 4.84. The van der Waals surface area contributed by atoms with Crippen molar-refractivity contribution in [1.29, 1.82) is 0 Å². The Morgan fingerprint density at radius 3 is 2.70 bits per heavy atom. The second kappa shape index (κ2) is 12.9. The van der Waals surface area contributed by atoms with E-state index in [1.165, 1.54) is 0 Å². The van der Waals surface area contributed by atoms with Crippen molar-refractivity contribution in [2.45, 2.75) is 64.9 Å². The Labute approximate surface area is 198 Å². The lowest BCUT2D eigenvalue weighted by molar-refractivity contribution is -0.135. The van der Waals surface area contributed by atoms with E-state index in [0.717, 1.165) is 37.8 Å². The fourth-order valence-corrected chi connectivity index (χ4v) is 4.84. The van der Waals surface area contributed by atoms with Gasteiger partial charge in [0.1, 0.15) is 5.75 Å². The van der Waals surface area contributed by atoms with E-state index in [2.05, 4.69) is 24.1 Å². The first-order valence-electron chi connectivity index (χ1n) is 12.2. The minimum atomic E-state index is -0.922. The molecule has 3 atom stereocenters. The molecule has 1 aliphatic carbocycles. The van der Waals surface area contributed by atoms with E-state index in [9.17, 15) is 14.7 Å². The van der Waals surface area contributed by atoms with E-state index in [1.54, 1.807) is 19.1 Å². The zero-order valence-corrected chi connectivity index (χ0v) is 20.9. The summed E-state index contributed by atoms with van der Waals surface area (Å²) >= 11 is 0. The lowest BCUT2D eigenvalue weighted by Gasteiger charge is -2.41. The average molecular weight is 463 g/mol. The van der Waals surface area contributed by atoms with Crippen LogP contribution in [0.25, 0.3) is 0 Å². The van der Waals surface area contributed by atoms with E-state index in [-0.39, 0.29) is 24.2 Å². The van der Waals surface area contributed by atoms with Crippen molar-refractivity contribution < 1.29 is 24.2 Å². The van der Waals surface area contributed by atoms with Crippen LogP contribution in [0.4, 0.5) is 4.79 Å². The topological polar surface area (TPSA) is 88.1 Å². The highest BCUT2D eigenvalue weighted by Gasteiger charge is 2.40. The average Bonchev–Trinajstić information content (AvgIpc) is 2.73. The highest BCUT2D eigenvalue weighted by atomic mass is 16.5. The second-order valence-corrected chi connectivity index (χ2v) is 9.93. The van der Waals surface area contributed by atoms with Crippen molar-refractivity contribution in [3.8, 4) is 5.75 Å². The summed E-state index contributed by atoms with van der Waals surface area (Å²) in [7, 11) is 4.05. The third kappa shape index (κ3) is 8.63. The number of alkyl carbamates (subject to hydrolysis) is 1. The maximum absolute atomic E-state index is 12.7. The number of hydrogen-bond donors (Lipinski definition) is 2. The summed E-state index contributed by atoms with van der Waals surface area (Å²) in [5.74, 6) is 0.573. The summed E-state index contributed by atoms with van der Waals surface area (Å²) in [6.07, 6.45) is 4.29. The van der Waals surface area contributed by atoms with Crippen LogP contribution in [0.3, 0.4) is 0 Å². The summed E-state index contributed by atoms with van der Waals surface area (Å²) in [5, 5.41) is 14.3. The number of nitrogens with one attached hydrogen (secondary N) is 1. The van der Waals surface area contributed by atoms with Gasteiger partial charge in [0.25, 0.3) is 0 Å². The van der Waals surface area contributed by atoms with Gasteiger partial charge in [0.15, 0.2) is 0 Å². The molecule has 2 N–H and O–H groups in total. The van der Waals surface area contributed by atoms with E-state index in [4.69, 9.17) is 9.47 Å². The zero-order valence-electron chi connectivity index (χ0n) is 20.9. The van der Waals surface area contributed by atoms with Crippen molar-refractivity contribution in [2.75, 3.05) is 33.8 Å². The van der Waals surface area contributed by atoms with Crippen molar-refractivity contribution in [3.05, 3.63) is 29.8 Å². The molecule has 1 saturated carbocycles. The van der Waals surface area contributed by atoms with Crippen LogP contribution in [0.15, 0.2) is 24.3 Å². The van der Waals surface area contributed by atoms with E-state index in [1.807, 2.05) is 26.2 Å². The molecule has 0 aliphatic heterocycles. The van der Waals surface area contributed by atoms with Gasteiger partial charge in [-0.25, -0.2) is 4.79 Å². The first kappa shape index (κ1) is 27.1. The third-order valence-corrected chi connectivity index (χ3v) is 6.26. The standard InChI is InChI=1S/C26H42N2O5/c1-6-32-25(30)27-17-20(14-19(2)3)15-24(29)33-23-12-9-11-21(16-23)26(31)13-8-7-10-22(26)18-28(4)5/h9,11-12,16,19-20,22,31H,6-8,10,13-15,17-18H2,1-5H3,(H,27,30)/t20-,22?,26?/m0/s1. The molecule has 0 radical (unpaired) electrons. The molecule has 0 heterocycles. The molecule has 33 heavy (non-hydrogen) atoms. The summed E-state index contributed by atoms with van der Waals surface area (Å²) in [5.41, 5.74) is -0.114. The highest BCUT2D eigenvalue weighted by molar-refractivity contribution is 5.73. The smallest absolute Gasteiger partial charge is 0.407 e. The van der Waals surface area contributed by atoms with Crippen molar-refractivity contribution >= 4 is 12.1 Å². The molecule has 7 heteroatoms. The maximum atomic E-state index is 12.7. The van der Waals surface area contributed by atoms with Gasteiger partial charge in [-0.15, -0.1) is 0 Å². The first-order chi connectivity index (χ1) is 15.6. The monoisotopic (exact) mass is 462 g/mol. The highest BCUT2D eigenvalue weighted by Crippen LogP contribution is 2.42. The molecule has 2 unspecified atom stereocenters. The van der Waals surface area contributed by atoms with Crippen molar-refractivity contribution in [2.24, 2.45) is 17.8 Å². The molecular formula is C26H42N2O5. The van der Waals surface area contributed by atoms with Gasteiger partial charge in [0.05, 0.1) is 18.6 Å². The Morgan fingerprint density at radius 2 is 2.03 bits per heavy atom. The zero-order chi connectivity index (χ0) is 24.4. The number of nitrogens with zero attached hydrogens (tertiary/aromatic N) is 1. The van der Waals surface area contributed by atoms with Crippen LogP contribution >= 0.6 is 0 Å². The van der Waals surface area contributed by atoms with Gasteiger partial charge in [-0.2, -0.15) is 0 Å². The number of hydrogen-bond acceptors (Lipinski definition) is 6. The van der Waals surface area contributed by atoms with Crippen LogP contribution in [-0.4, -0.2) is 55.9 Å². The van der Waals surface area contributed by atoms with Crippen LogP contribution < -0.4 is 10.1 Å². The largest absolute Gasteiger partial charge is 0.450 e. The van der Waals surface area contributed by atoms with Crippen LogP contribution in [0.2, 0.25) is 0 Å². The number of amides is 1. The van der Waals surface area contributed by atoms with Crippen LogP contribution in [-0.2, 0) is 15.1 Å². The molecule has 0 aromatic heterocycles. The van der Waals surface area contributed by atoms with Gasteiger partial charge in [-0.1, -0.05) is 38.8 Å². The molecule has 1 aromatic carbocycles. The molecule has 186 valence electrons. The van der Waals surface area contributed by atoms with Crippen molar-refractivity contribution in [3.63, 3.8) is 0 Å². The normalized spacial score (nSPS) is 21.6. The Morgan fingerprint density at radius 1 is 1.27 bits per heavy atom. The first-order valence-corrected chi connectivity index (χ1v) is 12.2. The fraction of sp³-hybridized carbons (Fsp3) is 0.692. The molecular weight excluding hydrogens is 420 g/mol. The van der Waals surface area contributed by atoms with Crippen LogP contribution in [0.1, 0.15) is 64.9 Å². The molecule has 7 nitrogen and oxygen atoms in total. The summed E-state index contributed by atoms with van der Waals surface area (Å²) in [6, 6.07) is 7.32. The van der Waals surface area contributed by atoms with E-state index >= 15 is 0 Å². The van der Waals surface area contributed by atoms with Crippen molar-refractivity contribution in [1.82, 2.24) is 10.2 Å². The number of carbonyl (C=O) groups excluding carboxylic acids is 2. The second-order valence-electron chi connectivity index (χ2n) is 9.93. The summed E-state index contributed by atoms with van der Waals surface area (Å²) in [4.78, 5) is 26.5. The number of carbonyl (C=O) groups is 2. The molecule has 2 rings (SSSR count).